The van der Waals surface area contributed by atoms with E-state index in [-0.39, 0.29) is 28.2 Å². The van der Waals surface area contributed by atoms with E-state index in [0.717, 1.165) is 17.1 Å². The van der Waals surface area contributed by atoms with Gasteiger partial charge in [0.15, 0.2) is 17.3 Å². The first kappa shape index (κ1) is 22.0. The van der Waals surface area contributed by atoms with Crippen LogP contribution < -0.4 is 15.4 Å². The van der Waals surface area contributed by atoms with Crippen molar-refractivity contribution >= 4 is 34.7 Å². The van der Waals surface area contributed by atoms with E-state index in [1.807, 2.05) is 31.2 Å². The van der Waals surface area contributed by atoms with E-state index in [9.17, 15) is 14.7 Å². The Bertz CT molecular complexity index is 1110. The van der Waals surface area contributed by atoms with Gasteiger partial charge in [-0.3, -0.25) is 9.59 Å². The van der Waals surface area contributed by atoms with Crippen molar-refractivity contribution in [3.8, 4) is 11.5 Å². The summed E-state index contributed by atoms with van der Waals surface area (Å²) in [6.07, 6.45) is 0.498. The topological polar surface area (TPSA) is 96.9 Å². The first-order valence-corrected chi connectivity index (χ1v) is 10.9. The molecule has 0 saturated heterocycles. The van der Waals surface area contributed by atoms with Gasteiger partial charge in [0.05, 0.1) is 36.2 Å². The SMILES string of the molecule is CCOc1cc([C@@H]2Nc3ccccc3NC3=C2C(=O)[C@@H](C(=O)OC)[C@@H](C)C3)cc(Cl)c1O. The molecule has 0 saturated carbocycles. The van der Waals surface area contributed by atoms with E-state index < -0.39 is 17.9 Å². The van der Waals surface area contributed by atoms with Crippen molar-refractivity contribution in [2.75, 3.05) is 24.4 Å². The van der Waals surface area contributed by atoms with Crippen LogP contribution in [0.1, 0.15) is 31.9 Å². The number of rotatable bonds is 4. The first-order chi connectivity index (χ1) is 15.3. The van der Waals surface area contributed by atoms with Crippen LogP contribution in [0, 0.1) is 11.8 Å². The number of esters is 1. The van der Waals surface area contributed by atoms with Crippen LogP contribution in [0.3, 0.4) is 0 Å². The number of Topliss-reactive ketones (excluding diaryl/α,β-unsaturated/α-hetero) is 1. The zero-order valence-electron chi connectivity index (χ0n) is 18.1. The number of carbonyl (C=O) groups is 2. The minimum absolute atomic E-state index is 0.113. The summed E-state index contributed by atoms with van der Waals surface area (Å²) < 4.78 is 10.5. The Kier molecular flexibility index (Phi) is 6.02. The Labute approximate surface area is 191 Å². The summed E-state index contributed by atoms with van der Waals surface area (Å²) in [6.45, 7) is 4.01. The lowest BCUT2D eigenvalue weighted by Gasteiger charge is -2.32. The number of ether oxygens (including phenoxy) is 2. The van der Waals surface area contributed by atoms with Crippen molar-refractivity contribution in [1.29, 1.82) is 0 Å². The monoisotopic (exact) mass is 456 g/mol. The van der Waals surface area contributed by atoms with Crippen LogP contribution in [0.2, 0.25) is 5.02 Å². The average molecular weight is 457 g/mol. The van der Waals surface area contributed by atoms with Crippen LogP contribution in [0.25, 0.3) is 0 Å². The average Bonchev–Trinajstić information content (AvgIpc) is 2.93. The molecule has 168 valence electrons. The Hall–Kier alpha value is -3.19. The molecule has 1 aliphatic carbocycles. The third kappa shape index (κ3) is 3.77. The number of para-hydroxylation sites is 2. The summed E-state index contributed by atoms with van der Waals surface area (Å²) >= 11 is 6.30. The molecular weight excluding hydrogens is 432 g/mol. The number of phenols is 1. The molecule has 7 nitrogen and oxygen atoms in total. The van der Waals surface area contributed by atoms with E-state index >= 15 is 0 Å². The van der Waals surface area contributed by atoms with E-state index in [4.69, 9.17) is 21.1 Å². The molecule has 0 aromatic heterocycles. The fourth-order valence-electron chi connectivity index (χ4n) is 4.41. The standard InChI is InChI=1S/C24H25ClN2O5/c1-4-32-18-11-13(10-14(25)22(18)28)21-20-17(26-15-7-5-6-8-16(15)27-21)9-12(2)19(23(20)29)24(30)31-3/h5-8,10-12,19,21,26-28H,4,9H2,1-3H3/t12-,19-,21-/m0/s1. The molecule has 32 heavy (non-hydrogen) atoms. The Morgan fingerprint density at radius 3 is 2.66 bits per heavy atom. The molecule has 2 aliphatic rings. The molecule has 1 heterocycles. The third-order valence-corrected chi connectivity index (χ3v) is 6.20. The molecule has 3 N–H and O–H groups in total. The predicted molar refractivity (Wildman–Crippen MR) is 122 cm³/mol. The van der Waals surface area contributed by atoms with Gasteiger partial charge in [0.25, 0.3) is 0 Å². The molecule has 0 unspecified atom stereocenters. The maximum atomic E-state index is 13.7. The summed E-state index contributed by atoms with van der Waals surface area (Å²) in [6, 6.07) is 10.3. The Morgan fingerprint density at radius 2 is 1.97 bits per heavy atom. The van der Waals surface area contributed by atoms with Gasteiger partial charge in [0, 0.05) is 11.3 Å². The van der Waals surface area contributed by atoms with E-state index in [1.54, 1.807) is 19.1 Å². The molecule has 0 spiro atoms. The zero-order valence-corrected chi connectivity index (χ0v) is 18.8. The van der Waals surface area contributed by atoms with E-state index in [2.05, 4.69) is 10.6 Å². The van der Waals surface area contributed by atoms with Gasteiger partial charge >= 0.3 is 5.97 Å². The number of nitrogens with one attached hydrogen (secondary N) is 2. The van der Waals surface area contributed by atoms with Crippen molar-refractivity contribution < 1.29 is 24.2 Å². The lowest BCUT2D eigenvalue weighted by atomic mass is 9.75. The number of anilines is 2. The quantitative estimate of drug-likeness (QED) is 0.454. The highest BCUT2D eigenvalue weighted by atomic mass is 35.5. The molecule has 4 rings (SSSR count). The van der Waals surface area contributed by atoms with Crippen LogP contribution >= 0.6 is 11.6 Å². The molecule has 2 aromatic rings. The highest BCUT2D eigenvalue weighted by Crippen LogP contribution is 2.46. The minimum Gasteiger partial charge on any atom is -0.503 e. The maximum Gasteiger partial charge on any atom is 0.316 e. The fraction of sp³-hybridized carbons (Fsp3) is 0.333. The van der Waals surface area contributed by atoms with Gasteiger partial charge in [-0.2, -0.15) is 0 Å². The lowest BCUT2D eigenvalue weighted by molar-refractivity contribution is -0.151. The summed E-state index contributed by atoms with van der Waals surface area (Å²) in [7, 11) is 1.29. The van der Waals surface area contributed by atoms with Crippen molar-refractivity contribution in [1.82, 2.24) is 0 Å². The molecule has 3 atom stereocenters. The second kappa shape index (κ2) is 8.74. The normalized spacial score (nSPS) is 22.1. The van der Waals surface area contributed by atoms with Crippen molar-refractivity contribution in [2.24, 2.45) is 11.8 Å². The van der Waals surface area contributed by atoms with Gasteiger partial charge in [0.2, 0.25) is 0 Å². The number of hydrogen-bond donors (Lipinski definition) is 3. The number of ketones is 1. The molecule has 0 amide bonds. The van der Waals surface area contributed by atoms with Crippen molar-refractivity contribution in [2.45, 2.75) is 26.3 Å². The molecular formula is C24H25ClN2O5. The lowest BCUT2D eigenvalue weighted by Crippen LogP contribution is -2.39. The number of allylic oxidation sites excluding steroid dienone is 1. The molecule has 0 fully saturated rings. The third-order valence-electron chi connectivity index (χ3n) is 5.91. The Morgan fingerprint density at radius 1 is 1.25 bits per heavy atom. The summed E-state index contributed by atoms with van der Waals surface area (Å²) in [5.74, 6) is -1.90. The summed E-state index contributed by atoms with van der Waals surface area (Å²) in [5, 5.41) is 17.2. The number of aromatic hydroxyl groups is 1. The van der Waals surface area contributed by atoms with Gasteiger partial charge in [-0.15, -0.1) is 0 Å². The first-order valence-electron chi connectivity index (χ1n) is 10.5. The van der Waals surface area contributed by atoms with Gasteiger partial charge in [0.1, 0.15) is 5.92 Å². The summed E-state index contributed by atoms with van der Waals surface area (Å²) in [5.41, 5.74) is 3.44. The molecule has 0 bridgehead atoms. The van der Waals surface area contributed by atoms with Crippen LogP contribution in [-0.4, -0.2) is 30.6 Å². The van der Waals surface area contributed by atoms with Gasteiger partial charge in [-0.1, -0.05) is 30.7 Å². The maximum absolute atomic E-state index is 13.7. The van der Waals surface area contributed by atoms with E-state index in [0.29, 0.717) is 24.2 Å². The zero-order chi connectivity index (χ0) is 23.0. The number of benzene rings is 2. The number of fused-ring (bicyclic) bond motifs is 1. The van der Waals surface area contributed by atoms with Gasteiger partial charge < -0.3 is 25.2 Å². The second-order valence-corrected chi connectivity index (χ2v) is 8.38. The van der Waals surface area contributed by atoms with Gasteiger partial charge in [-0.05, 0) is 49.1 Å². The van der Waals surface area contributed by atoms with Crippen LogP contribution in [-0.2, 0) is 14.3 Å². The predicted octanol–water partition coefficient (Wildman–Crippen LogP) is 4.68. The molecule has 1 aliphatic heterocycles. The van der Waals surface area contributed by atoms with Gasteiger partial charge in [-0.25, -0.2) is 0 Å². The second-order valence-electron chi connectivity index (χ2n) is 7.97. The number of carbonyl (C=O) groups excluding carboxylic acids is 2. The van der Waals surface area contributed by atoms with Crippen LogP contribution in [0.15, 0.2) is 47.7 Å². The fourth-order valence-corrected chi connectivity index (χ4v) is 4.63. The highest BCUT2D eigenvalue weighted by Gasteiger charge is 2.44. The van der Waals surface area contributed by atoms with E-state index in [1.165, 1.54) is 7.11 Å². The summed E-state index contributed by atoms with van der Waals surface area (Å²) in [4.78, 5) is 26.1. The highest BCUT2D eigenvalue weighted by molar-refractivity contribution is 6.32. The largest absolute Gasteiger partial charge is 0.503 e. The smallest absolute Gasteiger partial charge is 0.316 e. The van der Waals surface area contributed by atoms with Crippen LogP contribution in [0.5, 0.6) is 11.5 Å². The molecule has 2 aromatic carbocycles. The Balaban J connectivity index is 1.90. The number of phenolic OH excluding ortho intramolecular Hbond substituents is 1. The molecule has 0 radical (unpaired) electrons. The minimum atomic E-state index is -0.898. The van der Waals surface area contributed by atoms with Crippen molar-refractivity contribution in [3.05, 3.63) is 58.3 Å². The number of hydrogen-bond acceptors (Lipinski definition) is 7. The number of methoxy groups -OCH3 is 1. The number of halogens is 1. The van der Waals surface area contributed by atoms with Crippen LogP contribution in [0.4, 0.5) is 11.4 Å². The molecule has 8 heteroatoms. The van der Waals surface area contributed by atoms with Crippen molar-refractivity contribution in [3.63, 3.8) is 0 Å².